The lowest BCUT2D eigenvalue weighted by molar-refractivity contribution is 0.233. The number of hydrogen-bond acceptors (Lipinski definition) is 4. The van der Waals surface area contributed by atoms with Crippen molar-refractivity contribution in [2.24, 2.45) is 0 Å². The first-order chi connectivity index (χ1) is 8.42. The Bertz CT molecular complexity index is 506. The summed E-state index contributed by atoms with van der Waals surface area (Å²) in [5.74, 6) is 0. The Morgan fingerprint density at radius 2 is 2.12 bits per heavy atom. The molecule has 0 aromatic carbocycles. The van der Waals surface area contributed by atoms with Crippen LogP contribution in [-0.4, -0.2) is 41.0 Å². The van der Waals surface area contributed by atoms with Gasteiger partial charge in [0.1, 0.15) is 0 Å². The number of fused-ring (bicyclic) bond motifs is 1. The van der Waals surface area contributed by atoms with E-state index in [0.717, 1.165) is 43.6 Å². The normalized spacial score (nSPS) is 17.4. The predicted octanol–water partition coefficient (Wildman–Crippen LogP) is 1.03. The molecule has 0 spiro atoms. The van der Waals surface area contributed by atoms with Crippen LogP contribution in [0.4, 0.5) is 0 Å². The molecule has 0 saturated carbocycles. The van der Waals surface area contributed by atoms with E-state index in [1.54, 1.807) is 6.20 Å². The third-order valence-electron chi connectivity index (χ3n) is 3.15. The van der Waals surface area contributed by atoms with Gasteiger partial charge in [0.2, 0.25) is 0 Å². The van der Waals surface area contributed by atoms with Gasteiger partial charge in [0.25, 0.3) is 0 Å². The minimum absolute atomic E-state index is 0.986. The van der Waals surface area contributed by atoms with E-state index in [-0.39, 0.29) is 0 Å². The Balaban J connectivity index is 1.80. The van der Waals surface area contributed by atoms with E-state index in [1.165, 1.54) is 5.56 Å². The van der Waals surface area contributed by atoms with Gasteiger partial charge < -0.3 is 5.32 Å². The Morgan fingerprint density at radius 3 is 3.00 bits per heavy atom. The summed E-state index contributed by atoms with van der Waals surface area (Å²) in [6.07, 6.45) is 5.64. The zero-order valence-electron chi connectivity index (χ0n) is 9.76. The van der Waals surface area contributed by atoms with E-state index in [2.05, 4.69) is 26.3 Å². The molecule has 0 unspecified atom stereocenters. The van der Waals surface area contributed by atoms with Crippen molar-refractivity contribution in [3.05, 3.63) is 36.3 Å². The van der Waals surface area contributed by atoms with Crippen molar-refractivity contribution in [1.29, 1.82) is 0 Å². The molecule has 3 heterocycles. The Hall–Kier alpha value is -1.52. The van der Waals surface area contributed by atoms with Gasteiger partial charge in [-0.2, -0.15) is 0 Å². The molecular formula is C13H16N4. The number of rotatable bonds is 2. The summed E-state index contributed by atoms with van der Waals surface area (Å²) in [5, 5.41) is 4.49. The van der Waals surface area contributed by atoms with Crippen molar-refractivity contribution >= 4 is 10.9 Å². The fourth-order valence-corrected chi connectivity index (χ4v) is 2.23. The van der Waals surface area contributed by atoms with Gasteiger partial charge in [0.05, 0.1) is 5.52 Å². The van der Waals surface area contributed by atoms with Gasteiger partial charge in [-0.25, -0.2) is 0 Å². The molecule has 2 aromatic heterocycles. The molecular weight excluding hydrogens is 212 g/mol. The van der Waals surface area contributed by atoms with Gasteiger partial charge in [-0.3, -0.25) is 14.9 Å². The molecule has 1 aliphatic heterocycles. The lowest BCUT2D eigenvalue weighted by Crippen LogP contribution is -2.42. The van der Waals surface area contributed by atoms with E-state index < -0.39 is 0 Å². The molecule has 0 bridgehead atoms. The molecule has 17 heavy (non-hydrogen) atoms. The molecule has 1 fully saturated rings. The van der Waals surface area contributed by atoms with E-state index >= 15 is 0 Å². The highest BCUT2D eigenvalue weighted by atomic mass is 15.2. The van der Waals surface area contributed by atoms with Gasteiger partial charge in [0.15, 0.2) is 0 Å². The molecule has 4 nitrogen and oxygen atoms in total. The second-order valence-corrected chi connectivity index (χ2v) is 4.44. The van der Waals surface area contributed by atoms with E-state index in [9.17, 15) is 0 Å². The molecule has 1 N–H and O–H groups in total. The molecule has 0 atom stereocenters. The largest absolute Gasteiger partial charge is 0.314 e. The predicted molar refractivity (Wildman–Crippen MR) is 67.7 cm³/mol. The highest BCUT2D eigenvalue weighted by Crippen LogP contribution is 2.13. The SMILES string of the molecule is c1cc2ncc(CN3CCNCC3)cc2cn1. The second-order valence-electron chi connectivity index (χ2n) is 4.44. The van der Waals surface area contributed by atoms with E-state index in [4.69, 9.17) is 0 Å². The van der Waals surface area contributed by atoms with Gasteiger partial charge >= 0.3 is 0 Å². The number of pyridine rings is 2. The topological polar surface area (TPSA) is 41.1 Å². The molecule has 2 aromatic rings. The zero-order valence-corrected chi connectivity index (χ0v) is 9.76. The summed E-state index contributed by atoms with van der Waals surface area (Å²) in [4.78, 5) is 11.1. The van der Waals surface area contributed by atoms with Crippen LogP contribution >= 0.6 is 0 Å². The third-order valence-corrected chi connectivity index (χ3v) is 3.15. The van der Waals surface area contributed by atoms with Gasteiger partial charge in [-0.05, 0) is 17.7 Å². The average Bonchev–Trinajstić information content (AvgIpc) is 2.40. The van der Waals surface area contributed by atoms with Crippen molar-refractivity contribution < 1.29 is 0 Å². The summed E-state index contributed by atoms with van der Waals surface area (Å²) in [7, 11) is 0. The average molecular weight is 228 g/mol. The fourth-order valence-electron chi connectivity index (χ4n) is 2.23. The number of piperazine rings is 1. The maximum atomic E-state index is 4.46. The van der Waals surface area contributed by atoms with Crippen LogP contribution in [0.15, 0.2) is 30.7 Å². The van der Waals surface area contributed by atoms with Crippen LogP contribution in [-0.2, 0) is 6.54 Å². The summed E-state index contributed by atoms with van der Waals surface area (Å²) >= 11 is 0. The highest BCUT2D eigenvalue weighted by molar-refractivity contribution is 5.77. The molecule has 1 aliphatic rings. The lowest BCUT2D eigenvalue weighted by Gasteiger charge is -2.27. The third kappa shape index (κ3) is 2.43. The van der Waals surface area contributed by atoms with E-state index in [1.807, 2.05) is 18.5 Å². The van der Waals surface area contributed by atoms with Crippen LogP contribution in [0.5, 0.6) is 0 Å². The number of aromatic nitrogens is 2. The molecule has 88 valence electrons. The zero-order chi connectivity index (χ0) is 11.5. The second kappa shape index (κ2) is 4.77. The Labute approximate surface area is 101 Å². The summed E-state index contributed by atoms with van der Waals surface area (Å²) in [6, 6.07) is 4.14. The van der Waals surface area contributed by atoms with Crippen LogP contribution in [0.3, 0.4) is 0 Å². The Morgan fingerprint density at radius 1 is 1.24 bits per heavy atom. The summed E-state index contributed by atoms with van der Waals surface area (Å²) in [6.45, 7) is 5.39. The monoisotopic (exact) mass is 228 g/mol. The van der Waals surface area contributed by atoms with Crippen LogP contribution < -0.4 is 5.32 Å². The fraction of sp³-hybridized carbons (Fsp3) is 0.385. The molecule has 1 saturated heterocycles. The van der Waals surface area contributed by atoms with Crippen molar-refractivity contribution in [2.45, 2.75) is 6.54 Å². The minimum Gasteiger partial charge on any atom is -0.314 e. The van der Waals surface area contributed by atoms with Crippen molar-refractivity contribution in [2.75, 3.05) is 26.2 Å². The first-order valence-corrected chi connectivity index (χ1v) is 6.03. The first kappa shape index (κ1) is 10.6. The lowest BCUT2D eigenvalue weighted by atomic mass is 10.2. The molecule has 4 heteroatoms. The molecule has 0 amide bonds. The van der Waals surface area contributed by atoms with Crippen molar-refractivity contribution in [3.8, 4) is 0 Å². The number of hydrogen-bond donors (Lipinski definition) is 1. The van der Waals surface area contributed by atoms with Gasteiger partial charge in [0, 0.05) is 56.7 Å². The van der Waals surface area contributed by atoms with Gasteiger partial charge in [-0.1, -0.05) is 0 Å². The molecule has 0 radical (unpaired) electrons. The van der Waals surface area contributed by atoms with Crippen molar-refractivity contribution in [1.82, 2.24) is 20.2 Å². The summed E-state index contributed by atoms with van der Waals surface area (Å²) < 4.78 is 0. The van der Waals surface area contributed by atoms with Crippen LogP contribution in [0, 0.1) is 0 Å². The van der Waals surface area contributed by atoms with Crippen LogP contribution in [0.1, 0.15) is 5.56 Å². The maximum Gasteiger partial charge on any atom is 0.0732 e. The van der Waals surface area contributed by atoms with Crippen LogP contribution in [0.25, 0.3) is 10.9 Å². The molecule has 0 aliphatic carbocycles. The summed E-state index contributed by atoms with van der Waals surface area (Å²) in [5.41, 5.74) is 2.29. The van der Waals surface area contributed by atoms with Gasteiger partial charge in [-0.15, -0.1) is 0 Å². The van der Waals surface area contributed by atoms with E-state index in [0.29, 0.717) is 0 Å². The minimum atomic E-state index is 0.986. The highest BCUT2D eigenvalue weighted by Gasteiger charge is 2.10. The first-order valence-electron chi connectivity index (χ1n) is 6.03. The number of nitrogens with one attached hydrogen (secondary N) is 1. The standard InChI is InChI=1S/C13H16N4/c1-2-15-9-12-7-11(8-16-13(1)12)10-17-5-3-14-4-6-17/h1-2,7-9,14H,3-6,10H2. The van der Waals surface area contributed by atoms with Crippen molar-refractivity contribution in [3.63, 3.8) is 0 Å². The van der Waals surface area contributed by atoms with Crippen LogP contribution in [0.2, 0.25) is 0 Å². The number of nitrogens with zero attached hydrogens (tertiary/aromatic N) is 3. The quantitative estimate of drug-likeness (QED) is 0.833. The molecule has 3 rings (SSSR count). The smallest absolute Gasteiger partial charge is 0.0732 e. The Kier molecular flexibility index (Phi) is 2.98. The maximum absolute atomic E-state index is 4.46.